The van der Waals surface area contributed by atoms with Crippen LogP contribution in [0.15, 0.2) is 12.3 Å². The molecule has 1 aliphatic rings. The Morgan fingerprint density at radius 3 is 3.16 bits per heavy atom. The van der Waals surface area contributed by atoms with Gasteiger partial charge in [0.2, 0.25) is 5.88 Å². The maximum atomic E-state index is 6.18. The lowest BCUT2D eigenvalue weighted by atomic mass is 10.1. The molecule has 0 amide bonds. The molecule has 0 spiro atoms. The Morgan fingerprint density at radius 2 is 2.47 bits per heavy atom. The number of halogens is 1. The van der Waals surface area contributed by atoms with Crippen molar-refractivity contribution in [1.82, 2.24) is 10.3 Å². The zero-order valence-corrected chi connectivity index (χ0v) is 12.1. The van der Waals surface area contributed by atoms with Gasteiger partial charge >= 0.3 is 0 Å². The molecule has 106 valence electrons. The molecular weight excluding hydrogens is 264 g/mol. The van der Waals surface area contributed by atoms with E-state index in [1.807, 2.05) is 12.3 Å². The van der Waals surface area contributed by atoms with Crippen molar-refractivity contribution in [2.75, 3.05) is 26.4 Å². The van der Waals surface area contributed by atoms with Crippen molar-refractivity contribution in [2.24, 2.45) is 5.92 Å². The highest BCUT2D eigenvalue weighted by molar-refractivity contribution is 6.31. The quantitative estimate of drug-likeness (QED) is 0.782. The first kappa shape index (κ1) is 14.6. The normalized spacial score (nSPS) is 18.7. The van der Waals surface area contributed by atoms with E-state index < -0.39 is 0 Å². The van der Waals surface area contributed by atoms with E-state index in [1.165, 1.54) is 0 Å². The highest BCUT2D eigenvalue weighted by Crippen LogP contribution is 2.24. The predicted molar refractivity (Wildman–Crippen MR) is 75.7 cm³/mol. The maximum Gasteiger partial charge on any atom is 0.232 e. The molecular formula is C14H21ClN2O2. The Morgan fingerprint density at radius 1 is 1.58 bits per heavy atom. The third-order valence-corrected chi connectivity index (χ3v) is 3.37. The summed E-state index contributed by atoms with van der Waals surface area (Å²) < 4.78 is 11.0. The van der Waals surface area contributed by atoms with Crippen LogP contribution in [-0.2, 0) is 11.3 Å². The summed E-state index contributed by atoms with van der Waals surface area (Å²) in [6.07, 6.45) is 3.98. The number of rotatable bonds is 7. The van der Waals surface area contributed by atoms with Crippen LogP contribution in [-0.4, -0.2) is 31.3 Å². The van der Waals surface area contributed by atoms with Crippen LogP contribution in [0.2, 0.25) is 5.02 Å². The van der Waals surface area contributed by atoms with Crippen LogP contribution in [0, 0.1) is 5.92 Å². The summed E-state index contributed by atoms with van der Waals surface area (Å²) >= 11 is 6.18. The topological polar surface area (TPSA) is 43.4 Å². The van der Waals surface area contributed by atoms with Gasteiger partial charge in [0.05, 0.1) is 13.2 Å². The van der Waals surface area contributed by atoms with Crippen LogP contribution >= 0.6 is 11.6 Å². The van der Waals surface area contributed by atoms with Gasteiger partial charge in [-0.05, 0) is 31.0 Å². The van der Waals surface area contributed by atoms with Gasteiger partial charge in [0.25, 0.3) is 0 Å². The van der Waals surface area contributed by atoms with Crippen LogP contribution in [0.25, 0.3) is 0 Å². The smallest absolute Gasteiger partial charge is 0.232 e. The number of aromatic nitrogens is 1. The van der Waals surface area contributed by atoms with E-state index in [0.717, 1.165) is 44.7 Å². The Labute approximate surface area is 119 Å². The summed E-state index contributed by atoms with van der Waals surface area (Å²) in [7, 11) is 0. The predicted octanol–water partition coefficient (Wildman–Crippen LogP) is 2.65. The van der Waals surface area contributed by atoms with Crippen molar-refractivity contribution in [1.29, 1.82) is 0 Å². The molecule has 1 aromatic heterocycles. The SMILES string of the molecule is CCCNCc1cnc(OCC2CCOC2)c(Cl)c1. The molecule has 0 radical (unpaired) electrons. The maximum absolute atomic E-state index is 6.18. The summed E-state index contributed by atoms with van der Waals surface area (Å²) in [4.78, 5) is 4.28. The van der Waals surface area contributed by atoms with Gasteiger partial charge in [-0.25, -0.2) is 4.98 Å². The third-order valence-electron chi connectivity index (χ3n) is 3.10. The van der Waals surface area contributed by atoms with Gasteiger partial charge < -0.3 is 14.8 Å². The molecule has 1 aliphatic heterocycles. The first-order valence-electron chi connectivity index (χ1n) is 6.85. The Hall–Kier alpha value is -0.840. The van der Waals surface area contributed by atoms with Crippen molar-refractivity contribution in [2.45, 2.75) is 26.3 Å². The molecule has 0 aromatic carbocycles. The van der Waals surface area contributed by atoms with Crippen LogP contribution in [0.5, 0.6) is 5.88 Å². The lowest BCUT2D eigenvalue weighted by Gasteiger charge is -2.11. The number of nitrogens with zero attached hydrogens (tertiary/aromatic N) is 1. The Kier molecular flexibility index (Phi) is 5.89. The second-order valence-corrected chi connectivity index (χ2v) is 5.26. The lowest BCUT2D eigenvalue weighted by Crippen LogP contribution is -2.15. The number of nitrogens with one attached hydrogen (secondary N) is 1. The lowest BCUT2D eigenvalue weighted by molar-refractivity contribution is 0.165. The minimum Gasteiger partial charge on any atom is -0.476 e. The van der Waals surface area contributed by atoms with Crippen molar-refractivity contribution < 1.29 is 9.47 Å². The van der Waals surface area contributed by atoms with E-state index in [0.29, 0.717) is 23.4 Å². The molecule has 1 fully saturated rings. The molecule has 5 heteroatoms. The van der Waals surface area contributed by atoms with E-state index >= 15 is 0 Å². The van der Waals surface area contributed by atoms with E-state index in [-0.39, 0.29) is 0 Å². The average Bonchev–Trinajstić information content (AvgIpc) is 2.91. The molecule has 19 heavy (non-hydrogen) atoms. The highest BCUT2D eigenvalue weighted by Gasteiger charge is 2.17. The van der Waals surface area contributed by atoms with Crippen molar-refractivity contribution in [3.05, 3.63) is 22.8 Å². The fourth-order valence-corrected chi connectivity index (χ4v) is 2.23. The molecule has 0 saturated carbocycles. The number of pyridine rings is 1. The minimum absolute atomic E-state index is 0.462. The largest absolute Gasteiger partial charge is 0.476 e. The molecule has 1 aromatic rings. The second-order valence-electron chi connectivity index (χ2n) is 4.85. The van der Waals surface area contributed by atoms with Gasteiger partial charge in [-0.3, -0.25) is 0 Å². The van der Waals surface area contributed by atoms with Gasteiger partial charge in [0.1, 0.15) is 5.02 Å². The van der Waals surface area contributed by atoms with E-state index in [2.05, 4.69) is 17.2 Å². The summed E-state index contributed by atoms with van der Waals surface area (Å²) in [5.41, 5.74) is 1.08. The first-order chi connectivity index (χ1) is 9.29. The molecule has 0 aliphatic carbocycles. The molecule has 1 atom stereocenters. The number of hydrogen-bond donors (Lipinski definition) is 1. The third kappa shape index (κ3) is 4.64. The summed E-state index contributed by atoms with van der Waals surface area (Å²) in [6, 6.07) is 1.91. The van der Waals surface area contributed by atoms with Crippen LogP contribution in [0.4, 0.5) is 0 Å². The molecule has 1 N–H and O–H groups in total. The standard InChI is InChI=1S/C14H21ClN2O2/c1-2-4-16-7-12-6-13(15)14(17-8-12)19-10-11-3-5-18-9-11/h6,8,11,16H,2-5,7,9-10H2,1H3. The van der Waals surface area contributed by atoms with Gasteiger partial charge in [-0.15, -0.1) is 0 Å². The van der Waals surface area contributed by atoms with Gasteiger partial charge in [-0.1, -0.05) is 18.5 Å². The number of ether oxygens (including phenoxy) is 2. The van der Waals surface area contributed by atoms with Crippen molar-refractivity contribution in [3.8, 4) is 5.88 Å². The summed E-state index contributed by atoms with van der Waals surface area (Å²) in [5.74, 6) is 0.983. The molecule has 0 bridgehead atoms. The fraction of sp³-hybridized carbons (Fsp3) is 0.643. The van der Waals surface area contributed by atoms with Crippen molar-refractivity contribution in [3.63, 3.8) is 0 Å². The Bertz CT molecular complexity index is 395. The van der Waals surface area contributed by atoms with Crippen molar-refractivity contribution >= 4 is 11.6 Å². The highest BCUT2D eigenvalue weighted by atomic mass is 35.5. The van der Waals surface area contributed by atoms with Gasteiger partial charge in [0, 0.05) is 25.3 Å². The number of hydrogen-bond acceptors (Lipinski definition) is 4. The summed E-state index contributed by atoms with van der Waals surface area (Å²) in [6.45, 7) is 6.16. The average molecular weight is 285 g/mol. The molecule has 1 saturated heterocycles. The first-order valence-corrected chi connectivity index (χ1v) is 7.23. The second kappa shape index (κ2) is 7.68. The van der Waals surface area contributed by atoms with Crippen LogP contribution in [0.1, 0.15) is 25.3 Å². The molecule has 2 heterocycles. The fourth-order valence-electron chi connectivity index (χ4n) is 1.99. The van der Waals surface area contributed by atoms with Gasteiger partial charge in [0.15, 0.2) is 0 Å². The summed E-state index contributed by atoms with van der Waals surface area (Å²) in [5, 5.41) is 3.90. The monoisotopic (exact) mass is 284 g/mol. The zero-order chi connectivity index (χ0) is 13.5. The van der Waals surface area contributed by atoms with Crippen LogP contribution in [0.3, 0.4) is 0 Å². The Balaban J connectivity index is 1.83. The van der Waals surface area contributed by atoms with E-state index in [1.54, 1.807) is 0 Å². The van der Waals surface area contributed by atoms with E-state index in [4.69, 9.17) is 21.1 Å². The van der Waals surface area contributed by atoms with Crippen LogP contribution < -0.4 is 10.1 Å². The molecule has 2 rings (SSSR count). The molecule has 4 nitrogen and oxygen atoms in total. The van der Waals surface area contributed by atoms with E-state index in [9.17, 15) is 0 Å². The molecule has 1 unspecified atom stereocenters. The zero-order valence-electron chi connectivity index (χ0n) is 11.3. The van der Waals surface area contributed by atoms with Gasteiger partial charge in [-0.2, -0.15) is 0 Å². The minimum atomic E-state index is 0.462.